The van der Waals surface area contributed by atoms with Gasteiger partial charge in [0.05, 0.1) is 18.2 Å². The van der Waals surface area contributed by atoms with Crippen LogP contribution in [0.1, 0.15) is 43.0 Å². The third-order valence-corrected chi connectivity index (χ3v) is 4.36. The van der Waals surface area contributed by atoms with Gasteiger partial charge in [0.2, 0.25) is 5.91 Å². The molecule has 5 heteroatoms. The number of amides is 1. The highest BCUT2D eigenvalue weighted by Gasteiger charge is 2.28. The quantitative estimate of drug-likeness (QED) is 0.833. The van der Waals surface area contributed by atoms with E-state index in [0.29, 0.717) is 0 Å². The summed E-state index contributed by atoms with van der Waals surface area (Å²) in [5.74, 6) is 0.338. The molecular formula is C14H22N4O. The standard InChI is InChI=1S/C14H22N4O/c1-18-13-6-2-5-12(11(13)9-16-18)17-14(19)10-4-3-7-15-8-10/h9-10,12,15H,2-8H2,1H3,(H,17,19)/t10-,12?/m1/s1. The minimum absolute atomic E-state index is 0.135. The van der Waals surface area contributed by atoms with E-state index in [4.69, 9.17) is 0 Å². The summed E-state index contributed by atoms with van der Waals surface area (Å²) in [7, 11) is 1.98. The second-order valence-corrected chi connectivity index (χ2v) is 5.67. The maximum absolute atomic E-state index is 12.3. The molecule has 1 unspecified atom stereocenters. The lowest BCUT2D eigenvalue weighted by Crippen LogP contribution is -2.42. The van der Waals surface area contributed by atoms with Gasteiger partial charge in [-0.15, -0.1) is 0 Å². The normalized spacial score (nSPS) is 26.8. The number of piperidine rings is 1. The van der Waals surface area contributed by atoms with Crippen molar-refractivity contribution in [1.82, 2.24) is 20.4 Å². The van der Waals surface area contributed by atoms with Gasteiger partial charge in [0.1, 0.15) is 0 Å². The number of hydrogen-bond donors (Lipinski definition) is 2. The van der Waals surface area contributed by atoms with Crippen LogP contribution in [0, 0.1) is 5.92 Å². The van der Waals surface area contributed by atoms with Gasteiger partial charge in [-0.25, -0.2) is 0 Å². The summed E-state index contributed by atoms with van der Waals surface area (Å²) in [5, 5.41) is 10.8. The summed E-state index contributed by atoms with van der Waals surface area (Å²) < 4.78 is 1.94. The largest absolute Gasteiger partial charge is 0.349 e. The molecule has 0 spiro atoms. The smallest absolute Gasteiger partial charge is 0.224 e. The van der Waals surface area contributed by atoms with Crippen LogP contribution in [0.4, 0.5) is 0 Å². The van der Waals surface area contributed by atoms with Crippen molar-refractivity contribution in [1.29, 1.82) is 0 Å². The van der Waals surface area contributed by atoms with Crippen molar-refractivity contribution < 1.29 is 4.79 Å². The molecular weight excluding hydrogens is 240 g/mol. The highest BCUT2D eigenvalue weighted by Crippen LogP contribution is 2.29. The van der Waals surface area contributed by atoms with Crippen LogP contribution in [0.5, 0.6) is 0 Å². The van der Waals surface area contributed by atoms with Crippen molar-refractivity contribution in [2.24, 2.45) is 13.0 Å². The number of nitrogens with zero attached hydrogens (tertiary/aromatic N) is 2. The van der Waals surface area contributed by atoms with Crippen molar-refractivity contribution in [2.75, 3.05) is 13.1 Å². The maximum atomic E-state index is 12.3. The van der Waals surface area contributed by atoms with Crippen molar-refractivity contribution >= 4 is 5.91 Å². The van der Waals surface area contributed by atoms with Gasteiger partial charge in [0.15, 0.2) is 0 Å². The Hall–Kier alpha value is -1.36. The molecule has 5 nitrogen and oxygen atoms in total. The minimum Gasteiger partial charge on any atom is -0.349 e. The fourth-order valence-corrected chi connectivity index (χ4v) is 3.22. The highest BCUT2D eigenvalue weighted by atomic mass is 16.2. The maximum Gasteiger partial charge on any atom is 0.224 e. The first kappa shape index (κ1) is 12.7. The third-order valence-electron chi connectivity index (χ3n) is 4.36. The van der Waals surface area contributed by atoms with E-state index in [1.807, 2.05) is 17.9 Å². The fraction of sp³-hybridized carbons (Fsp3) is 0.714. The van der Waals surface area contributed by atoms with Crippen LogP contribution in [0.3, 0.4) is 0 Å². The van der Waals surface area contributed by atoms with E-state index in [1.54, 1.807) is 0 Å². The molecule has 19 heavy (non-hydrogen) atoms. The topological polar surface area (TPSA) is 59.0 Å². The van der Waals surface area contributed by atoms with Gasteiger partial charge in [0, 0.05) is 24.8 Å². The SMILES string of the molecule is Cn1ncc2c1CCCC2NC(=O)[C@@H]1CCCNC1. The predicted octanol–water partition coefficient (Wildman–Crippen LogP) is 0.913. The van der Waals surface area contributed by atoms with Gasteiger partial charge in [0.25, 0.3) is 0 Å². The molecule has 2 aliphatic rings. The van der Waals surface area contributed by atoms with Gasteiger partial charge < -0.3 is 10.6 Å². The van der Waals surface area contributed by atoms with Crippen molar-refractivity contribution in [3.05, 3.63) is 17.5 Å². The molecule has 2 atom stereocenters. The second kappa shape index (κ2) is 5.33. The Morgan fingerprint density at radius 2 is 2.37 bits per heavy atom. The van der Waals surface area contributed by atoms with E-state index in [1.165, 1.54) is 11.3 Å². The van der Waals surface area contributed by atoms with Crippen LogP contribution in [-0.4, -0.2) is 28.8 Å². The number of aromatic nitrogens is 2. The van der Waals surface area contributed by atoms with Crippen molar-refractivity contribution in [3.8, 4) is 0 Å². The molecule has 104 valence electrons. The zero-order valence-corrected chi connectivity index (χ0v) is 11.5. The number of nitrogens with one attached hydrogen (secondary N) is 2. The second-order valence-electron chi connectivity index (χ2n) is 5.67. The first-order chi connectivity index (χ1) is 9.25. The molecule has 1 aliphatic carbocycles. The number of hydrogen-bond acceptors (Lipinski definition) is 3. The molecule has 1 saturated heterocycles. The van der Waals surface area contributed by atoms with Crippen molar-refractivity contribution in [2.45, 2.75) is 38.1 Å². The van der Waals surface area contributed by atoms with Gasteiger partial charge in [-0.2, -0.15) is 5.10 Å². The Kier molecular flexibility index (Phi) is 3.55. The summed E-state index contributed by atoms with van der Waals surface area (Å²) >= 11 is 0. The minimum atomic E-state index is 0.135. The average Bonchev–Trinajstić information content (AvgIpc) is 2.83. The van der Waals surface area contributed by atoms with E-state index in [2.05, 4.69) is 15.7 Å². The summed E-state index contributed by atoms with van der Waals surface area (Å²) in [6.07, 6.45) is 7.25. The van der Waals surface area contributed by atoms with Crippen molar-refractivity contribution in [3.63, 3.8) is 0 Å². The molecule has 1 aliphatic heterocycles. The first-order valence-electron chi connectivity index (χ1n) is 7.27. The van der Waals surface area contributed by atoms with E-state index in [-0.39, 0.29) is 17.9 Å². The number of carbonyl (C=O) groups excluding carboxylic acids is 1. The van der Waals surface area contributed by atoms with E-state index in [0.717, 1.165) is 45.2 Å². The molecule has 1 aromatic rings. The Balaban J connectivity index is 1.68. The average molecular weight is 262 g/mol. The monoisotopic (exact) mass is 262 g/mol. The third kappa shape index (κ3) is 2.52. The molecule has 1 fully saturated rings. The lowest BCUT2D eigenvalue weighted by molar-refractivity contribution is -0.126. The Morgan fingerprint density at radius 1 is 1.47 bits per heavy atom. The van der Waals surface area contributed by atoms with Crippen LogP contribution in [0.15, 0.2) is 6.20 Å². The van der Waals surface area contributed by atoms with E-state index >= 15 is 0 Å². The number of aryl methyl sites for hydroxylation is 1. The lowest BCUT2D eigenvalue weighted by atomic mass is 9.91. The first-order valence-corrected chi connectivity index (χ1v) is 7.27. The molecule has 2 N–H and O–H groups in total. The van der Waals surface area contributed by atoms with E-state index in [9.17, 15) is 4.79 Å². The number of fused-ring (bicyclic) bond motifs is 1. The highest BCUT2D eigenvalue weighted by molar-refractivity contribution is 5.79. The van der Waals surface area contributed by atoms with E-state index < -0.39 is 0 Å². The predicted molar refractivity (Wildman–Crippen MR) is 72.6 cm³/mol. The summed E-state index contributed by atoms with van der Waals surface area (Å²) in [4.78, 5) is 12.3. The number of carbonyl (C=O) groups is 1. The molecule has 0 aromatic carbocycles. The van der Waals surface area contributed by atoms with Gasteiger partial charge in [-0.1, -0.05) is 0 Å². The molecule has 1 aromatic heterocycles. The Bertz CT molecular complexity index is 462. The number of rotatable bonds is 2. The van der Waals surface area contributed by atoms with Gasteiger partial charge in [-0.05, 0) is 38.6 Å². The molecule has 2 heterocycles. The molecule has 0 bridgehead atoms. The zero-order valence-electron chi connectivity index (χ0n) is 11.5. The van der Waals surface area contributed by atoms with Crippen LogP contribution < -0.4 is 10.6 Å². The summed E-state index contributed by atoms with van der Waals surface area (Å²) in [6, 6.07) is 0.159. The van der Waals surface area contributed by atoms with Gasteiger partial charge in [-0.3, -0.25) is 9.48 Å². The lowest BCUT2D eigenvalue weighted by Gasteiger charge is -2.27. The Morgan fingerprint density at radius 3 is 3.16 bits per heavy atom. The molecule has 3 rings (SSSR count). The summed E-state index contributed by atoms with van der Waals surface area (Å²) in [6.45, 7) is 1.86. The fourth-order valence-electron chi connectivity index (χ4n) is 3.22. The van der Waals surface area contributed by atoms with Crippen LogP contribution >= 0.6 is 0 Å². The molecule has 0 radical (unpaired) electrons. The summed E-state index contributed by atoms with van der Waals surface area (Å²) in [5.41, 5.74) is 2.49. The van der Waals surface area contributed by atoms with Crippen LogP contribution in [0.25, 0.3) is 0 Å². The van der Waals surface area contributed by atoms with Crippen LogP contribution in [-0.2, 0) is 18.3 Å². The Labute approximate surface area is 113 Å². The molecule has 1 amide bonds. The molecule has 0 saturated carbocycles. The zero-order chi connectivity index (χ0) is 13.2. The van der Waals surface area contributed by atoms with Crippen LogP contribution in [0.2, 0.25) is 0 Å². The van der Waals surface area contributed by atoms with Gasteiger partial charge >= 0.3 is 0 Å².